The number of ether oxygens (including phenoxy) is 2. The van der Waals surface area contributed by atoms with Crippen molar-refractivity contribution in [2.75, 3.05) is 11.9 Å². The maximum atomic E-state index is 13.3. The van der Waals surface area contributed by atoms with Crippen LogP contribution in [0.25, 0.3) is 16.8 Å². The summed E-state index contributed by atoms with van der Waals surface area (Å²) < 4.78 is 13.2. The second-order valence-electron chi connectivity index (χ2n) is 11.7. The summed E-state index contributed by atoms with van der Waals surface area (Å²) in [7, 11) is 0. The van der Waals surface area contributed by atoms with Gasteiger partial charge in [-0.2, -0.15) is 14.7 Å². The van der Waals surface area contributed by atoms with Crippen molar-refractivity contribution in [2.24, 2.45) is 5.16 Å². The van der Waals surface area contributed by atoms with E-state index < -0.39 is 29.4 Å². The lowest BCUT2D eigenvalue weighted by Crippen LogP contribution is -2.51. The normalized spacial score (nSPS) is 18.6. The molecule has 0 unspecified atom stereocenters. The van der Waals surface area contributed by atoms with Crippen LogP contribution in [0.15, 0.2) is 28.2 Å². The number of hydrogen-bond donors (Lipinski definition) is 3. The molecule has 3 aromatic rings. The first kappa shape index (κ1) is 29.3. The predicted octanol–water partition coefficient (Wildman–Crippen LogP) is 5.56. The van der Waals surface area contributed by atoms with Crippen LogP contribution in [0.3, 0.4) is 0 Å². The van der Waals surface area contributed by atoms with Crippen LogP contribution in [0.5, 0.6) is 0 Å². The highest BCUT2D eigenvalue weighted by Crippen LogP contribution is 2.39. The minimum absolute atomic E-state index is 0.245. The third-order valence-corrected chi connectivity index (χ3v) is 7.06. The van der Waals surface area contributed by atoms with Crippen LogP contribution in [0.1, 0.15) is 72.9 Å². The third-order valence-electron chi connectivity index (χ3n) is 6.28. The van der Waals surface area contributed by atoms with Gasteiger partial charge in [0.2, 0.25) is 0 Å². The zero-order valence-electron chi connectivity index (χ0n) is 23.6. The molecule has 0 saturated carbocycles. The van der Waals surface area contributed by atoms with E-state index in [1.807, 2.05) is 0 Å². The number of likely N-dealkylation sites (tertiary alicyclic amines) is 1. The maximum absolute atomic E-state index is 13.3. The Balaban J connectivity index is 1.80. The number of amides is 2. The fourth-order valence-corrected chi connectivity index (χ4v) is 5.27. The van der Waals surface area contributed by atoms with Gasteiger partial charge in [0, 0.05) is 29.8 Å². The van der Waals surface area contributed by atoms with Crippen molar-refractivity contribution < 1.29 is 24.3 Å². The molecule has 3 N–H and O–H groups in total. The molecular formula is C26H35BrN8O5. The van der Waals surface area contributed by atoms with Crippen molar-refractivity contribution in [2.45, 2.75) is 84.5 Å². The first-order valence-corrected chi connectivity index (χ1v) is 13.7. The Bertz CT molecular complexity index is 1420. The molecule has 2 atom stereocenters. The van der Waals surface area contributed by atoms with Gasteiger partial charge < -0.3 is 14.7 Å². The Kier molecular flexibility index (Phi) is 8.11. The Hall–Kier alpha value is -3.68. The fourth-order valence-electron chi connectivity index (χ4n) is 4.59. The lowest BCUT2D eigenvalue weighted by molar-refractivity contribution is 0.0142. The minimum Gasteiger partial charge on any atom is -0.444 e. The van der Waals surface area contributed by atoms with Crippen LogP contribution in [0, 0.1) is 0 Å². The molecule has 4 heterocycles. The van der Waals surface area contributed by atoms with Gasteiger partial charge in [-0.25, -0.2) is 14.6 Å². The highest BCUT2D eigenvalue weighted by molar-refractivity contribution is 9.10. The molecule has 14 heteroatoms. The van der Waals surface area contributed by atoms with Crippen molar-refractivity contribution in [1.29, 1.82) is 0 Å². The first-order valence-electron chi connectivity index (χ1n) is 12.9. The van der Waals surface area contributed by atoms with E-state index in [1.54, 1.807) is 72.0 Å². The molecule has 3 aromatic heterocycles. The lowest BCUT2D eigenvalue weighted by Gasteiger charge is -2.40. The summed E-state index contributed by atoms with van der Waals surface area (Å²) in [5, 5.41) is 27.0. The average molecular weight is 620 g/mol. The van der Waals surface area contributed by atoms with Crippen molar-refractivity contribution in [3.63, 3.8) is 0 Å². The number of hydrogen-bond acceptors (Lipinski definition) is 9. The molecule has 1 aliphatic rings. The molecule has 1 fully saturated rings. The number of piperidine rings is 1. The van der Waals surface area contributed by atoms with Gasteiger partial charge in [0.25, 0.3) is 0 Å². The number of nitrogens with one attached hydrogen (secondary N) is 2. The highest BCUT2D eigenvalue weighted by atomic mass is 79.9. The Morgan fingerprint density at radius 3 is 2.45 bits per heavy atom. The number of H-pyrrole nitrogens is 1. The van der Waals surface area contributed by atoms with Gasteiger partial charge in [0.15, 0.2) is 11.5 Å². The molecule has 4 rings (SSSR count). The van der Waals surface area contributed by atoms with E-state index >= 15 is 0 Å². The van der Waals surface area contributed by atoms with Gasteiger partial charge in [0.05, 0.1) is 34.3 Å². The quantitative estimate of drug-likeness (QED) is 0.194. The summed E-state index contributed by atoms with van der Waals surface area (Å²) in [6.07, 6.45) is 5.01. The molecule has 1 aliphatic heterocycles. The lowest BCUT2D eigenvalue weighted by atomic mass is 9.88. The number of fused-ring (bicyclic) bond motifs is 1. The number of aromatic nitrogens is 5. The van der Waals surface area contributed by atoms with E-state index in [1.165, 1.54) is 4.52 Å². The Labute approximate surface area is 240 Å². The second-order valence-corrected chi connectivity index (χ2v) is 12.5. The largest absolute Gasteiger partial charge is 0.444 e. The van der Waals surface area contributed by atoms with Gasteiger partial charge >= 0.3 is 12.2 Å². The van der Waals surface area contributed by atoms with Crippen LogP contribution in [-0.4, -0.2) is 76.6 Å². The van der Waals surface area contributed by atoms with Gasteiger partial charge in [-0.3, -0.25) is 15.3 Å². The van der Waals surface area contributed by atoms with Crippen LogP contribution in [0.2, 0.25) is 0 Å². The van der Waals surface area contributed by atoms with Gasteiger partial charge in [-0.1, -0.05) is 5.16 Å². The van der Waals surface area contributed by atoms with Crippen molar-refractivity contribution in [3.05, 3.63) is 28.8 Å². The maximum Gasteiger partial charge on any atom is 0.413 e. The number of carbonyl (C=O) groups excluding carboxylic acids is 2. The van der Waals surface area contributed by atoms with E-state index in [2.05, 4.69) is 41.7 Å². The molecule has 40 heavy (non-hydrogen) atoms. The van der Waals surface area contributed by atoms with Crippen LogP contribution in [-0.2, 0) is 9.47 Å². The molecule has 0 radical (unpaired) electrons. The van der Waals surface area contributed by atoms with Gasteiger partial charge in [-0.05, 0) is 77.2 Å². The predicted molar refractivity (Wildman–Crippen MR) is 152 cm³/mol. The summed E-state index contributed by atoms with van der Waals surface area (Å²) in [6.45, 7) is 12.7. The molecule has 0 spiro atoms. The standard InChI is InChI=1S/C26H35BrN8O5/c1-14(33-38)18-9-8-15(13-34(18)24(37)40-26(5,6)7)20-19(27)22(32-23(36)39-25(2,3)4)35-21(31-20)17(12-30-35)16-10-28-29-11-16/h10-12,15,18,38H,8-9,13H2,1-7H3,(H,28,29)(H,32,36)/b33-14+/t15-,18-/m0/s1. The zero-order chi connectivity index (χ0) is 29.4. The molecule has 13 nitrogen and oxygen atoms in total. The third kappa shape index (κ3) is 6.37. The monoisotopic (exact) mass is 618 g/mol. The van der Waals surface area contributed by atoms with Crippen LogP contribution in [0.4, 0.5) is 15.4 Å². The topological polar surface area (TPSA) is 159 Å². The van der Waals surface area contributed by atoms with E-state index in [-0.39, 0.29) is 12.5 Å². The van der Waals surface area contributed by atoms with Gasteiger partial charge in [0.1, 0.15) is 11.2 Å². The summed E-state index contributed by atoms with van der Waals surface area (Å²) in [5.74, 6) is 0.0870. The molecule has 1 saturated heterocycles. The molecule has 0 aliphatic carbocycles. The number of aromatic amines is 1. The fraction of sp³-hybridized carbons (Fsp3) is 0.538. The minimum atomic E-state index is -0.712. The molecule has 0 bridgehead atoms. The number of rotatable bonds is 4. The second kappa shape index (κ2) is 11.1. The van der Waals surface area contributed by atoms with E-state index in [0.29, 0.717) is 45.7 Å². The SMILES string of the molecule is C/C(=N\O)[C@@H]1CC[C@H](c2nc3c(-c4cn[nH]c4)cnn3c(NC(=O)OC(C)(C)C)c2Br)CN1C(=O)OC(C)(C)C. The van der Waals surface area contributed by atoms with Crippen LogP contribution < -0.4 is 5.32 Å². The number of anilines is 1. The highest BCUT2D eigenvalue weighted by Gasteiger charge is 2.38. The van der Waals surface area contributed by atoms with E-state index in [4.69, 9.17) is 14.5 Å². The first-order chi connectivity index (χ1) is 18.7. The Morgan fingerprint density at radius 2 is 1.85 bits per heavy atom. The molecule has 216 valence electrons. The average Bonchev–Trinajstić information content (AvgIpc) is 3.52. The number of nitrogens with zero attached hydrogens (tertiary/aromatic N) is 6. The molecule has 0 aromatic carbocycles. The Morgan fingerprint density at radius 1 is 1.15 bits per heavy atom. The summed E-state index contributed by atoms with van der Waals surface area (Å²) >= 11 is 3.66. The van der Waals surface area contributed by atoms with E-state index in [9.17, 15) is 14.8 Å². The summed E-state index contributed by atoms with van der Waals surface area (Å²) in [6, 6.07) is -0.436. The number of halogens is 1. The number of carbonyl (C=O) groups is 2. The van der Waals surface area contributed by atoms with Gasteiger partial charge in [-0.15, -0.1) is 0 Å². The van der Waals surface area contributed by atoms with E-state index in [0.717, 1.165) is 5.56 Å². The number of oxime groups is 1. The molecular weight excluding hydrogens is 584 g/mol. The summed E-state index contributed by atoms with van der Waals surface area (Å²) in [4.78, 5) is 32.7. The van der Waals surface area contributed by atoms with Crippen molar-refractivity contribution >= 4 is 45.3 Å². The zero-order valence-corrected chi connectivity index (χ0v) is 25.2. The van der Waals surface area contributed by atoms with Crippen molar-refractivity contribution in [1.82, 2.24) is 29.7 Å². The smallest absolute Gasteiger partial charge is 0.413 e. The summed E-state index contributed by atoms with van der Waals surface area (Å²) in [5.41, 5.74) is 1.58. The molecule has 2 amide bonds. The van der Waals surface area contributed by atoms with Crippen molar-refractivity contribution in [3.8, 4) is 11.1 Å². The van der Waals surface area contributed by atoms with Crippen LogP contribution >= 0.6 is 15.9 Å².